The van der Waals surface area contributed by atoms with E-state index in [1.807, 2.05) is 35.7 Å². The van der Waals surface area contributed by atoms with Gasteiger partial charge in [0.1, 0.15) is 0 Å². The van der Waals surface area contributed by atoms with Gasteiger partial charge < -0.3 is 9.84 Å². The van der Waals surface area contributed by atoms with Crippen LogP contribution in [-0.2, 0) is 0 Å². The van der Waals surface area contributed by atoms with Crippen molar-refractivity contribution in [2.45, 2.75) is 25.2 Å². The molecule has 0 atom stereocenters. The average molecular weight is 325 g/mol. The standard InChI is InChI=1S/C17H15N3O2S/c21-16(14-8-3-9-23-14)18-13-7-2-6-12(10-13)15-19-17(22-20-15)11-4-1-5-11/h2-3,6-11H,1,4-5H2,(H,18,21). The predicted octanol–water partition coefficient (Wildman–Crippen LogP) is 4.32. The van der Waals surface area contributed by atoms with Crippen LogP contribution >= 0.6 is 11.3 Å². The summed E-state index contributed by atoms with van der Waals surface area (Å²) in [5.41, 5.74) is 1.55. The Morgan fingerprint density at radius 2 is 2.17 bits per heavy atom. The van der Waals surface area contributed by atoms with Crippen LogP contribution < -0.4 is 5.32 Å². The molecule has 0 spiro atoms. The molecule has 1 fully saturated rings. The van der Waals surface area contributed by atoms with E-state index < -0.39 is 0 Å². The fraction of sp³-hybridized carbons (Fsp3) is 0.235. The molecule has 0 aliphatic heterocycles. The Morgan fingerprint density at radius 3 is 2.91 bits per heavy atom. The Kier molecular flexibility index (Phi) is 3.67. The maximum atomic E-state index is 12.1. The molecule has 3 aromatic rings. The van der Waals surface area contributed by atoms with E-state index in [0.717, 1.165) is 30.0 Å². The predicted molar refractivity (Wildman–Crippen MR) is 88.6 cm³/mol. The Balaban J connectivity index is 1.53. The molecule has 2 aromatic heterocycles. The first-order chi connectivity index (χ1) is 11.3. The van der Waals surface area contributed by atoms with Gasteiger partial charge in [0.05, 0.1) is 4.88 Å². The van der Waals surface area contributed by atoms with Crippen LogP contribution in [0.2, 0.25) is 0 Å². The van der Waals surface area contributed by atoms with Crippen LogP contribution in [0.25, 0.3) is 11.4 Å². The minimum Gasteiger partial charge on any atom is -0.339 e. The highest BCUT2D eigenvalue weighted by Crippen LogP contribution is 2.36. The molecule has 1 amide bonds. The molecule has 1 aliphatic rings. The van der Waals surface area contributed by atoms with Crippen LogP contribution in [0, 0.1) is 0 Å². The Labute approximate surface area is 137 Å². The first-order valence-electron chi connectivity index (χ1n) is 7.58. The summed E-state index contributed by atoms with van der Waals surface area (Å²) in [7, 11) is 0. The third-order valence-electron chi connectivity index (χ3n) is 4.02. The molecule has 0 bridgehead atoms. The minimum atomic E-state index is -0.111. The second kappa shape index (κ2) is 5.96. The molecule has 6 heteroatoms. The van der Waals surface area contributed by atoms with Crippen molar-refractivity contribution in [3.63, 3.8) is 0 Å². The van der Waals surface area contributed by atoms with E-state index in [1.165, 1.54) is 17.8 Å². The number of amides is 1. The van der Waals surface area contributed by atoms with E-state index >= 15 is 0 Å². The number of anilines is 1. The quantitative estimate of drug-likeness (QED) is 0.776. The normalized spacial score (nSPS) is 14.4. The molecule has 0 radical (unpaired) electrons. The zero-order valence-electron chi connectivity index (χ0n) is 12.4. The van der Waals surface area contributed by atoms with Gasteiger partial charge in [0.25, 0.3) is 5.91 Å². The molecule has 4 rings (SSSR count). The van der Waals surface area contributed by atoms with Crippen LogP contribution in [0.15, 0.2) is 46.3 Å². The van der Waals surface area contributed by atoms with E-state index in [-0.39, 0.29) is 5.91 Å². The molecule has 1 aromatic carbocycles. The molecular formula is C17H15N3O2S. The summed E-state index contributed by atoms with van der Waals surface area (Å²) >= 11 is 1.41. The monoisotopic (exact) mass is 325 g/mol. The molecule has 5 nitrogen and oxygen atoms in total. The van der Waals surface area contributed by atoms with Gasteiger partial charge in [-0.25, -0.2) is 0 Å². The molecule has 0 unspecified atom stereocenters. The van der Waals surface area contributed by atoms with Crippen LogP contribution in [0.4, 0.5) is 5.69 Å². The molecule has 1 aliphatic carbocycles. The van der Waals surface area contributed by atoms with Crippen molar-refractivity contribution < 1.29 is 9.32 Å². The Bertz CT molecular complexity index is 822. The van der Waals surface area contributed by atoms with Crippen molar-refractivity contribution >= 4 is 22.9 Å². The van der Waals surface area contributed by atoms with E-state index in [0.29, 0.717) is 16.6 Å². The van der Waals surface area contributed by atoms with Crippen molar-refractivity contribution in [3.8, 4) is 11.4 Å². The topological polar surface area (TPSA) is 68.0 Å². The van der Waals surface area contributed by atoms with Crippen LogP contribution in [-0.4, -0.2) is 16.0 Å². The second-order valence-electron chi connectivity index (χ2n) is 5.60. The highest BCUT2D eigenvalue weighted by atomic mass is 32.1. The van der Waals surface area contributed by atoms with E-state index in [9.17, 15) is 4.79 Å². The lowest BCUT2D eigenvalue weighted by Crippen LogP contribution is -2.10. The van der Waals surface area contributed by atoms with Gasteiger partial charge in [-0.05, 0) is 36.4 Å². The fourth-order valence-corrected chi connectivity index (χ4v) is 3.13. The maximum absolute atomic E-state index is 12.1. The summed E-state index contributed by atoms with van der Waals surface area (Å²) < 4.78 is 5.36. The maximum Gasteiger partial charge on any atom is 0.265 e. The van der Waals surface area contributed by atoms with Gasteiger partial charge in [0.15, 0.2) is 0 Å². The third kappa shape index (κ3) is 2.90. The number of hydrogen-bond donors (Lipinski definition) is 1. The second-order valence-corrected chi connectivity index (χ2v) is 6.54. The average Bonchev–Trinajstić information content (AvgIpc) is 3.17. The number of nitrogens with one attached hydrogen (secondary N) is 1. The number of carbonyl (C=O) groups is 1. The van der Waals surface area contributed by atoms with Gasteiger partial charge in [0.2, 0.25) is 11.7 Å². The van der Waals surface area contributed by atoms with Crippen molar-refractivity contribution in [2.24, 2.45) is 0 Å². The van der Waals surface area contributed by atoms with Gasteiger partial charge in [-0.2, -0.15) is 4.98 Å². The molecule has 23 heavy (non-hydrogen) atoms. The molecule has 116 valence electrons. The number of hydrogen-bond acceptors (Lipinski definition) is 5. The molecular weight excluding hydrogens is 310 g/mol. The highest BCUT2D eigenvalue weighted by molar-refractivity contribution is 7.12. The summed E-state index contributed by atoms with van der Waals surface area (Å²) in [5, 5.41) is 8.84. The molecule has 1 saturated carbocycles. The number of rotatable bonds is 4. The summed E-state index contributed by atoms with van der Waals surface area (Å²) in [4.78, 5) is 17.3. The SMILES string of the molecule is O=C(Nc1cccc(-c2noc(C3CCC3)n2)c1)c1cccs1. The van der Waals surface area contributed by atoms with Crippen molar-refractivity contribution in [3.05, 3.63) is 52.5 Å². The lowest BCUT2D eigenvalue weighted by atomic mass is 9.85. The van der Waals surface area contributed by atoms with Crippen LogP contribution in [0.1, 0.15) is 40.7 Å². The van der Waals surface area contributed by atoms with Crippen molar-refractivity contribution in [1.29, 1.82) is 0 Å². The summed E-state index contributed by atoms with van der Waals surface area (Å²) in [6, 6.07) is 11.2. The summed E-state index contributed by atoms with van der Waals surface area (Å²) in [5.74, 6) is 1.59. The van der Waals surface area contributed by atoms with Crippen molar-refractivity contribution in [1.82, 2.24) is 10.1 Å². The Morgan fingerprint density at radius 1 is 1.26 bits per heavy atom. The zero-order valence-corrected chi connectivity index (χ0v) is 13.2. The lowest BCUT2D eigenvalue weighted by Gasteiger charge is -2.20. The van der Waals surface area contributed by atoms with Gasteiger partial charge in [-0.3, -0.25) is 4.79 Å². The number of thiophene rings is 1. The molecule has 0 saturated heterocycles. The number of carbonyl (C=O) groups excluding carboxylic acids is 1. The van der Waals surface area contributed by atoms with Gasteiger partial charge in [-0.1, -0.05) is 29.8 Å². The smallest absolute Gasteiger partial charge is 0.265 e. The first kappa shape index (κ1) is 14.1. The van der Waals surface area contributed by atoms with E-state index in [2.05, 4.69) is 15.5 Å². The molecule has 1 N–H and O–H groups in total. The minimum absolute atomic E-state index is 0.111. The van der Waals surface area contributed by atoms with Gasteiger partial charge in [-0.15, -0.1) is 11.3 Å². The van der Waals surface area contributed by atoms with E-state index in [1.54, 1.807) is 6.07 Å². The molecule has 2 heterocycles. The lowest BCUT2D eigenvalue weighted by molar-refractivity contribution is 0.103. The fourth-order valence-electron chi connectivity index (χ4n) is 2.51. The largest absolute Gasteiger partial charge is 0.339 e. The van der Waals surface area contributed by atoms with Gasteiger partial charge in [0, 0.05) is 17.2 Å². The summed E-state index contributed by atoms with van der Waals surface area (Å²) in [6.45, 7) is 0. The first-order valence-corrected chi connectivity index (χ1v) is 8.46. The summed E-state index contributed by atoms with van der Waals surface area (Å²) in [6.07, 6.45) is 3.48. The van der Waals surface area contributed by atoms with Gasteiger partial charge >= 0.3 is 0 Å². The highest BCUT2D eigenvalue weighted by Gasteiger charge is 2.25. The number of aromatic nitrogens is 2. The van der Waals surface area contributed by atoms with Crippen LogP contribution in [0.5, 0.6) is 0 Å². The third-order valence-corrected chi connectivity index (χ3v) is 4.89. The number of nitrogens with zero attached hydrogens (tertiary/aromatic N) is 2. The van der Waals surface area contributed by atoms with E-state index in [4.69, 9.17) is 4.52 Å². The van der Waals surface area contributed by atoms with Crippen molar-refractivity contribution in [2.75, 3.05) is 5.32 Å². The zero-order chi connectivity index (χ0) is 15.6. The number of benzene rings is 1. The Hall–Kier alpha value is -2.47. The van der Waals surface area contributed by atoms with Crippen LogP contribution in [0.3, 0.4) is 0 Å².